The van der Waals surface area contributed by atoms with Crippen molar-refractivity contribution in [3.63, 3.8) is 0 Å². The van der Waals surface area contributed by atoms with E-state index in [4.69, 9.17) is 28.5 Å². The van der Waals surface area contributed by atoms with Gasteiger partial charge in [0.15, 0.2) is 0 Å². The second-order valence-electron chi connectivity index (χ2n) is 7.59. The summed E-state index contributed by atoms with van der Waals surface area (Å²) in [5.74, 6) is 1.31. The lowest BCUT2D eigenvalue weighted by Crippen LogP contribution is -2.38. The summed E-state index contributed by atoms with van der Waals surface area (Å²) in [5.41, 5.74) is 0.905. The molecule has 1 aliphatic rings. The van der Waals surface area contributed by atoms with E-state index in [9.17, 15) is 4.57 Å². The first kappa shape index (κ1) is 26.3. The average molecular weight is 465 g/mol. The Morgan fingerprint density at radius 3 is 2.06 bits per heavy atom. The third-order valence-corrected chi connectivity index (χ3v) is 7.00. The van der Waals surface area contributed by atoms with Crippen molar-refractivity contribution in [2.75, 3.05) is 26.4 Å². The fourth-order valence-corrected chi connectivity index (χ4v) is 5.20. The van der Waals surface area contributed by atoms with Gasteiger partial charge in [0.05, 0.1) is 26.4 Å². The minimum atomic E-state index is -3.54. The molecule has 2 rings (SSSR count). The van der Waals surface area contributed by atoms with Crippen molar-refractivity contribution < 1.29 is 23.1 Å². The molecule has 8 heteroatoms. The first-order chi connectivity index (χ1) is 15.4. The Hall–Kier alpha value is -1.95. The molecule has 0 saturated carbocycles. The minimum absolute atomic E-state index is 0.203. The standard InChI is InChI=1S/C24H37N2O5P/c1-7-28-23-21(25-24(29-8-2)22(26-23)18(5)6)17-20(16-19-14-12-11-13-15-19)32(27,30-9-3)31-10-4/h11-16,18,21-22H,7-10,17H2,1-6H3/b20-16-/t21-,22+/m0/s1. The number of hydrogen-bond donors (Lipinski definition) is 0. The van der Waals surface area contributed by atoms with Crippen molar-refractivity contribution in [1.82, 2.24) is 0 Å². The number of rotatable bonds is 11. The van der Waals surface area contributed by atoms with Crippen molar-refractivity contribution in [2.24, 2.45) is 15.9 Å². The van der Waals surface area contributed by atoms with Gasteiger partial charge in [0.2, 0.25) is 11.8 Å². The van der Waals surface area contributed by atoms with E-state index >= 15 is 0 Å². The highest BCUT2D eigenvalue weighted by Crippen LogP contribution is 2.58. The Kier molecular flexibility index (Phi) is 10.6. The number of ether oxygens (including phenoxy) is 2. The molecule has 1 aliphatic heterocycles. The molecule has 1 aromatic rings. The zero-order valence-corrected chi connectivity index (χ0v) is 21.0. The Bertz CT molecular complexity index is 841. The number of benzene rings is 1. The molecule has 0 fully saturated rings. The van der Waals surface area contributed by atoms with Crippen LogP contribution in [0, 0.1) is 5.92 Å². The lowest BCUT2D eigenvalue weighted by molar-refractivity contribution is 0.225. The van der Waals surface area contributed by atoms with Crippen LogP contribution in [0.3, 0.4) is 0 Å². The number of hydrogen-bond acceptors (Lipinski definition) is 7. The highest BCUT2D eigenvalue weighted by molar-refractivity contribution is 7.58. The Morgan fingerprint density at radius 2 is 1.53 bits per heavy atom. The van der Waals surface area contributed by atoms with Gasteiger partial charge in [-0.3, -0.25) is 4.57 Å². The molecular formula is C24H37N2O5P. The molecule has 1 aromatic carbocycles. The van der Waals surface area contributed by atoms with Gasteiger partial charge >= 0.3 is 7.60 Å². The van der Waals surface area contributed by atoms with Crippen molar-refractivity contribution in [3.8, 4) is 0 Å². The summed E-state index contributed by atoms with van der Waals surface area (Å²) in [4.78, 5) is 9.68. The molecule has 7 nitrogen and oxygen atoms in total. The SMILES string of the molecule is CCOC1=N[C@H](C(C)C)C(OCC)=N[C@H]1C/C(=C/c1ccccc1)P(=O)(OCC)OCC. The highest BCUT2D eigenvalue weighted by Gasteiger charge is 2.37. The van der Waals surface area contributed by atoms with Crippen LogP contribution in [0.1, 0.15) is 53.5 Å². The molecule has 0 saturated heterocycles. The van der Waals surface area contributed by atoms with Gasteiger partial charge in [-0.1, -0.05) is 44.2 Å². The van der Waals surface area contributed by atoms with Crippen LogP contribution >= 0.6 is 7.60 Å². The van der Waals surface area contributed by atoms with Gasteiger partial charge in [0.1, 0.15) is 12.1 Å². The van der Waals surface area contributed by atoms with Crippen LogP contribution in [-0.2, 0) is 23.1 Å². The van der Waals surface area contributed by atoms with Gasteiger partial charge in [-0.2, -0.15) is 0 Å². The van der Waals surface area contributed by atoms with Gasteiger partial charge in [0, 0.05) is 11.7 Å². The second-order valence-corrected chi connectivity index (χ2v) is 9.67. The Morgan fingerprint density at radius 1 is 0.938 bits per heavy atom. The first-order valence-corrected chi connectivity index (χ1v) is 13.0. The smallest absolute Gasteiger partial charge is 0.357 e. The van der Waals surface area contributed by atoms with Crippen LogP contribution in [0.25, 0.3) is 6.08 Å². The molecule has 0 bridgehead atoms. The van der Waals surface area contributed by atoms with E-state index in [2.05, 4.69) is 13.8 Å². The Labute approximate surface area is 192 Å². The largest absolute Gasteiger partial charge is 0.480 e. The predicted octanol–water partition coefficient (Wildman–Crippen LogP) is 5.96. The third-order valence-electron chi connectivity index (χ3n) is 4.79. The summed E-state index contributed by atoms with van der Waals surface area (Å²) in [6.45, 7) is 13.1. The van der Waals surface area contributed by atoms with Crippen molar-refractivity contribution in [1.29, 1.82) is 0 Å². The molecule has 178 valence electrons. The molecule has 0 amide bonds. The molecule has 2 atom stereocenters. The van der Waals surface area contributed by atoms with Gasteiger partial charge in [-0.25, -0.2) is 9.98 Å². The van der Waals surface area contributed by atoms with Crippen LogP contribution < -0.4 is 0 Å². The molecule has 0 aliphatic carbocycles. The van der Waals surface area contributed by atoms with Gasteiger partial charge in [-0.05, 0) is 45.3 Å². The van der Waals surface area contributed by atoms with Crippen molar-refractivity contribution >= 4 is 25.5 Å². The monoisotopic (exact) mass is 464 g/mol. The summed E-state index contributed by atoms with van der Waals surface area (Å²) < 4.78 is 36.8. The second kappa shape index (κ2) is 12.9. The van der Waals surface area contributed by atoms with Gasteiger partial charge in [-0.15, -0.1) is 0 Å². The van der Waals surface area contributed by atoms with E-state index in [1.807, 2.05) is 50.3 Å². The quantitative estimate of drug-likeness (QED) is 0.378. The molecule has 0 unspecified atom stereocenters. The molecule has 1 heterocycles. The topological polar surface area (TPSA) is 78.7 Å². The van der Waals surface area contributed by atoms with Crippen LogP contribution in [0.2, 0.25) is 0 Å². The average Bonchev–Trinajstić information content (AvgIpc) is 2.76. The zero-order valence-electron chi connectivity index (χ0n) is 20.1. The van der Waals surface area contributed by atoms with Crippen LogP contribution in [0.4, 0.5) is 0 Å². The molecule has 0 N–H and O–H groups in total. The Balaban J connectivity index is 2.52. The summed E-state index contributed by atoms with van der Waals surface area (Å²) in [6.07, 6.45) is 2.15. The van der Waals surface area contributed by atoms with Crippen LogP contribution in [-0.4, -0.2) is 50.3 Å². The fourth-order valence-electron chi connectivity index (χ4n) is 3.42. The first-order valence-electron chi connectivity index (χ1n) is 11.4. The molecule has 32 heavy (non-hydrogen) atoms. The lowest BCUT2D eigenvalue weighted by Gasteiger charge is -2.29. The maximum Gasteiger partial charge on any atom is 0.357 e. The summed E-state index contributed by atoms with van der Waals surface area (Å²) >= 11 is 0. The molecular weight excluding hydrogens is 427 g/mol. The van der Waals surface area contributed by atoms with Crippen LogP contribution in [0.5, 0.6) is 0 Å². The predicted molar refractivity (Wildman–Crippen MR) is 130 cm³/mol. The maximum atomic E-state index is 13.8. The van der Waals surface area contributed by atoms with E-state index < -0.39 is 13.6 Å². The lowest BCUT2D eigenvalue weighted by atomic mass is 10.0. The number of nitrogens with zero attached hydrogens (tertiary/aromatic N) is 2. The van der Waals surface area contributed by atoms with Crippen molar-refractivity contribution in [2.45, 2.75) is 60.0 Å². The minimum Gasteiger partial charge on any atom is -0.480 e. The fraction of sp³-hybridized carbons (Fsp3) is 0.583. The zero-order chi connectivity index (χ0) is 23.6. The maximum absolute atomic E-state index is 13.8. The summed E-state index contributed by atoms with van der Waals surface area (Å²) in [6, 6.07) is 9.02. The van der Waals surface area contributed by atoms with E-state index in [0.717, 1.165) is 5.56 Å². The molecule has 0 aromatic heterocycles. The van der Waals surface area contributed by atoms with Crippen LogP contribution in [0.15, 0.2) is 45.6 Å². The van der Waals surface area contributed by atoms with Gasteiger partial charge in [0.25, 0.3) is 0 Å². The van der Waals surface area contributed by atoms with Gasteiger partial charge < -0.3 is 18.5 Å². The normalized spacial score (nSPS) is 19.5. The molecule has 0 spiro atoms. The highest BCUT2D eigenvalue weighted by atomic mass is 31.2. The van der Waals surface area contributed by atoms with E-state index in [1.165, 1.54) is 0 Å². The molecule has 0 radical (unpaired) electrons. The number of aliphatic imine (C=N–C) groups is 2. The third kappa shape index (κ3) is 7.03. The summed E-state index contributed by atoms with van der Waals surface area (Å²) in [5, 5.41) is 0.535. The van der Waals surface area contributed by atoms with Crippen molar-refractivity contribution in [3.05, 3.63) is 41.2 Å². The van der Waals surface area contributed by atoms with E-state index in [1.54, 1.807) is 13.8 Å². The van der Waals surface area contributed by atoms with E-state index in [-0.39, 0.29) is 31.6 Å². The summed E-state index contributed by atoms with van der Waals surface area (Å²) in [7, 11) is -3.54. The van der Waals surface area contributed by atoms with E-state index in [0.29, 0.717) is 30.3 Å².